The summed E-state index contributed by atoms with van der Waals surface area (Å²) in [5.74, 6) is -0.579. The zero-order valence-corrected chi connectivity index (χ0v) is 14.6. The molecule has 3 rings (SSSR count). The van der Waals surface area contributed by atoms with Crippen LogP contribution < -0.4 is 5.32 Å². The van der Waals surface area contributed by atoms with Crippen LogP contribution in [-0.4, -0.2) is 30.5 Å². The molecule has 3 aromatic heterocycles. The Labute approximate surface area is 146 Å². The third kappa shape index (κ3) is 3.43. The van der Waals surface area contributed by atoms with Gasteiger partial charge in [-0.3, -0.25) is 14.8 Å². The van der Waals surface area contributed by atoms with Gasteiger partial charge in [-0.25, -0.2) is 9.67 Å². The van der Waals surface area contributed by atoms with Crippen molar-refractivity contribution < 1.29 is 13.6 Å². The first-order chi connectivity index (χ1) is 11.9. The molecule has 0 aliphatic rings. The van der Waals surface area contributed by atoms with E-state index in [0.29, 0.717) is 15.5 Å². The molecule has 10 heteroatoms. The van der Waals surface area contributed by atoms with Crippen molar-refractivity contribution in [3.8, 4) is 11.3 Å². The van der Waals surface area contributed by atoms with Gasteiger partial charge in [0.1, 0.15) is 0 Å². The number of carbonyl (C=O) groups is 1. The van der Waals surface area contributed by atoms with E-state index in [4.69, 9.17) is 0 Å². The van der Waals surface area contributed by atoms with Gasteiger partial charge in [-0.1, -0.05) is 0 Å². The molecule has 0 fully saturated rings. The van der Waals surface area contributed by atoms with Crippen LogP contribution in [0.1, 0.15) is 35.3 Å². The molecule has 3 aromatic rings. The number of amides is 1. The fourth-order valence-electron chi connectivity index (χ4n) is 2.34. The van der Waals surface area contributed by atoms with Crippen LogP contribution in [0.5, 0.6) is 0 Å². The molecule has 3 heterocycles. The maximum absolute atomic E-state index is 12.7. The van der Waals surface area contributed by atoms with Crippen molar-refractivity contribution in [3.63, 3.8) is 0 Å². The van der Waals surface area contributed by atoms with Gasteiger partial charge in [-0.15, -0.1) is 11.3 Å². The van der Waals surface area contributed by atoms with Crippen LogP contribution in [0, 0.1) is 13.8 Å². The summed E-state index contributed by atoms with van der Waals surface area (Å²) in [4.78, 5) is 16.6. The van der Waals surface area contributed by atoms with Gasteiger partial charge in [0.25, 0.3) is 5.91 Å². The Morgan fingerprint density at radius 3 is 2.72 bits per heavy atom. The van der Waals surface area contributed by atoms with Gasteiger partial charge < -0.3 is 0 Å². The number of rotatable bonds is 5. The first-order valence-electron chi connectivity index (χ1n) is 7.54. The van der Waals surface area contributed by atoms with E-state index in [0.717, 1.165) is 17.8 Å². The summed E-state index contributed by atoms with van der Waals surface area (Å²) in [5.41, 5.74) is 2.56. The van der Waals surface area contributed by atoms with E-state index in [1.807, 2.05) is 30.1 Å². The standard InChI is InChI=1S/C15H16F2N6OS/c1-4-22-6-10(9(3)20-22)12-7-25-15(18-12)19-13(24)11-5-8(2)23(21-11)14(16)17/h5-7,14H,4H2,1-3H3,(H,18,19,24). The van der Waals surface area contributed by atoms with Gasteiger partial charge in [-0.2, -0.15) is 19.0 Å². The SMILES string of the molecule is CCn1cc(-c2csc(NC(=O)c3cc(C)n(C(F)F)n3)n2)c(C)n1. The lowest BCUT2D eigenvalue weighted by Crippen LogP contribution is -2.13. The zero-order chi connectivity index (χ0) is 18.1. The molecule has 0 bridgehead atoms. The second kappa shape index (κ2) is 6.71. The van der Waals surface area contributed by atoms with Crippen molar-refractivity contribution in [2.45, 2.75) is 33.9 Å². The van der Waals surface area contributed by atoms with Crippen molar-refractivity contribution in [2.75, 3.05) is 5.32 Å². The van der Waals surface area contributed by atoms with Crippen molar-refractivity contribution in [2.24, 2.45) is 0 Å². The monoisotopic (exact) mass is 366 g/mol. The molecule has 0 aromatic carbocycles. The van der Waals surface area contributed by atoms with E-state index in [-0.39, 0.29) is 11.4 Å². The van der Waals surface area contributed by atoms with Crippen molar-refractivity contribution in [1.29, 1.82) is 0 Å². The predicted octanol–water partition coefficient (Wildman–Crippen LogP) is 3.49. The molecule has 1 amide bonds. The highest BCUT2D eigenvalue weighted by atomic mass is 32.1. The quantitative estimate of drug-likeness (QED) is 0.750. The van der Waals surface area contributed by atoms with Gasteiger partial charge in [0, 0.05) is 29.4 Å². The van der Waals surface area contributed by atoms with Crippen molar-refractivity contribution >= 4 is 22.4 Å². The third-order valence-corrected chi connectivity index (χ3v) is 4.37. The topological polar surface area (TPSA) is 77.6 Å². The predicted molar refractivity (Wildman–Crippen MR) is 89.9 cm³/mol. The number of aromatic nitrogens is 5. The molecule has 1 N–H and O–H groups in total. The summed E-state index contributed by atoms with van der Waals surface area (Å²) in [7, 11) is 0. The smallest absolute Gasteiger partial charge is 0.296 e. The van der Waals surface area contributed by atoms with Gasteiger partial charge in [0.05, 0.1) is 11.4 Å². The highest BCUT2D eigenvalue weighted by molar-refractivity contribution is 7.14. The number of alkyl halides is 2. The minimum Gasteiger partial charge on any atom is -0.296 e. The summed E-state index contributed by atoms with van der Waals surface area (Å²) in [6.45, 7) is 3.31. The van der Waals surface area contributed by atoms with Crippen molar-refractivity contribution in [3.05, 3.63) is 34.7 Å². The molecule has 25 heavy (non-hydrogen) atoms. The van der Waals surface area contributed by atoms with E-state index in [9.17, 15) is 13.6 Å². The lowest BCUT2D eigenvalue weighted by Gasteiger charge is -2.00. The van der Waals surface area contributed by atoms with Gasteiger partial charge in [-0.05, 0) is 26.8 Å². The minimum atomic E-state index is -2.79. The molecule has 132 valence electrons. The molecule has 0 unspecified atom stereocenters. The first-order valence-corrected chi connectivity index (χ1v) is 8.42. The molecular formula is C15H16F2N6OS. The van der Waals surface area contributed by atoms with E-state index in [2.05, 4.69) is 20.5 Å². The summed E-state index contributed by atoms with van der Waals surface area (Å²) in [6.07, 6.45) is 1.89. The molecular weight excluding hydrogens is 350 g/mol. The van der Waals surface area contributed by atoms with Gasteiger partial charge in [0.2, 0.25) is 0 Å². The molecule has 0 atom stereocenters. The Bertz CT molecular complexity index is 913. The fraction of sp³-hybridized carbons (Fsp3) is 0.333. The summed E-state index contributed by atoms with van der Waals surface area (Å²) in [5, 5.41) is 12.7. The summed E-state index contributed by atoms with van der Waals surface area (Å²) < 4.78 is 27.8. The van der Waals surface area contributed by atoms with Crippen LogP contribution in [0.4, 0.5) is 13.9 Å². The Hall–Kier alpha value is -2.62. The molecule has 0 aliphatic heterocycles. The zero-order valence-electron chi connectivity index (χ0n) is 13.8. The number of hydrogen-bond acceptors (Lipinski definition) is 5. The lowest BCUT2D eigenvalue weighted by molar-refractivity contribution is 0.0540. The highest BCUT2D eigenvalue weighted by Gasteiger charge is 2.18. The van der Waals surface area contributed by atoms with Crippen LogP contribution in [0.25, 0.3) is 11.3 Å². The lowest BCUT2D eigenvalue weighted by atomic mass is 10.2. The number of carbonyl (C=O) groups excluding carboxylic acids is 1. The Morgan fingerprint density at radius 1 is 1.36 bits per heavy atom. The number of halogens is 2. The second-order valence-electron chi connectivity index (χ2n) is 5.37. The second-order valence-corrected chi connectivity index (χ2v) is 6.23. The molecule has 0 saturated carbocycles. The third-order valence-electron chi connectivity index (χ3n) is 3.61. The Kier molecular flexibility index (Phi) is 4.62. The maximum atomic E-state index is 12.7. The minimum absolute atomic E-state index is 0.0791. The van der Waals surface area contributed by atoms with E-state index >= 15 is 0 Å². The number of anilines is 1. The van der Waals surface area contributed by atoms with E-state index in [1.54, 1.807) is 0 Å². The van der Waals surface area contributed by atoms with E-state index in [1.165, 1.54) is 24.3 Å². The number of thiazole rings is 1. The van der Waals surface area contributed by atoms with Gasteiger partial charge >= 0.3 is 6.55 Å². The van der Waals surface area contributed by atoms with Crippen molar-refractivity contribution in [1.82, 2.24) is 24.5 Å². The maximum Gasteiger partial charge on any atom is 0.333 e. The molecule has 7 nitrogen and oxygen atoms in total. The van der Waals surface area contributed by atoms with Crippen LogP contribution >= 0.6 is 11.3 Å². The van der Waals surface area contributed by atoms with Crippen LogP contribution in [0.3, 0.4) is 0 Å². The number of aryl methyl sites for hydroxylation is 3. The van der Waals surface area contributed by atoms with Crippen LogP contribution in [0.2, 0.25) is 0 Å². The largest absolute Gasteiger partial charge is 0.333 e. The Balaban J connectivity index is 1.78. The highest BCUT2D eigenvalue weighted by Crippen LogP contribution is 2.27. The molecule has 0 spiro atoms. The average molecular weight is 366 g/mol. The van der Waals surface area contributed by atoms with Gasteiger partial charge in [0.15, 0.2) is 10.8 Å². The summed E-state index contributed by atoms with van der Waals surface area (Å²) in [6, 6.07) is 1.31. The average Bonchev–Trinajstić information content (AvgIpc) is 3.25. The fourth-order valence-corrected chi connectivity index (χ4v) is 3.05. The molecule has 0 saturated heterocycles. The van der Waals surface area contributed by atoms with Crippen LogP contribution in [0.15, 0.2) is 17.6 Å². The number of nitrogens with zero attached hydrogens (tertiary/aromatic N) is 5. The van der Waals surface area contributed by atoms with Crippen LogP contribution in [-0.2, 0) is 6.54 Å². The van der Waals surface area contributed by atoms with E-state index < -0.39 is 12.5 Å². The Morgan fingerprint density at radius 2 is 2.12 bits per heavy atom. The molecule has 0 radical (unpaired) electrons. The summed E-state index contributed by atoms with van der Waals surface area (Å²) >= 11 is 1.25. The molecule has 0 aliphatic carbocycles. The number of hydrogen-bond donors (Lipinski definition) is 1. The normalized spacial score (nSPS) is 11.3. The first kappa shape index (κ1) is 17.2. The number of nitrogens with one attached hydrogen (secondary N) is 1.